The summed E-state index contributed by atoms with van der Waals surface area (Å²) in [5, 5.41) is 20.9. The summed E-state index contributed by atoms with van der Waals surface area (Å²) in [6.07, 6.45) is 3.77. The quantitative estimate of drug-likeness (QED) is 0.839. The van der Waals surface area contributed by atoms with E-state index in [2.05, 4.69) is 12.1 Å². The Bertz CT molecular complexity index is 1020. The molecule has 2 aliphatic heterocycles. The lowest BCUT2D eigenvalue weighted by atomic mass is 9.68. The first kappa shape index (κ1) is 17.3. The Morgan fingerprint density at radius 2 is 1.78 bits per heavy atom. The van der Waals surface area contributed by atoms with Gasteiger partial charge in [0.1, 0.15) is 0 Å². The molecule has 132 valence electrons. The van der Waals surface area contributed by atoms with Crippen molar-refractivity contribution in [3.05, 3.63) is 76.4 Å². The van der Waals surface area contributed by atoms with Gasteiger partial charge in [0.2, 0.25) is 5.41 Å². The average Bonchev–Trinajstić information content (AvgIpc) is 3.00. The minimum absolute atomic E-state index is 0.508. The van der Waals surface area contributed by atoms with Crippen molar-refractivity contribution in [2.75, 3.05) is 0 Å². The summed E-state index contributed by atoms with van der Waals surface area (Å²) in [7, 11) is 0. The van der Waals surface area contributed by atoms with Crippen molar-refractivity contribution in [3.63, 3.8) is 0 Å². The molecule has 0 bridgehead atoms. The molecule has 0 aliphatic carbocycles. The van der Waals surface area contributed by atoms with E-state index in [1.807, 2.05) is 36.5 Å². The van der Waals surface area contributed by atoms with Crippen molar-refractivity contribution in [1.29, 1.82) is 10.5 Å². The number of benzene rings is 2. The van der Waals surface area contributed by atoms with E-state index in [-0.39, 0.29) is 0 Å². The topological polar surface area (TPSA) is 95.1 Å². The van der Waals surface area contributed by atoms with Crippen LogP contribution in [-0.4, -0.2) is 11.9 Å². The van der Waals surface area contributed by atoms with Crippen molar-refractivity contribution in [3.8, 4) is 12.1 Å². The number of nitrogens with zero attached hydrogens (tertiary/aromatic N) is 2. The summed E-state index contributed by atoms with van der Waals surface area (Å²) in [4.78, 5) is 13.2. The number of nitrogens with one attached hydrogen (secondary N) is 1. The Morgan fingerprint density at radius 1 is 1.11 bits per heavy atom. The molecule has 6 heteroatoms. The van der Waals surface area contributed by atoms with Crippen LogP contribution in [0.1, 0.15) is 28.7 Å². The fraction of sp³-hybridized carbons (Fsp3) is 0.190. The molecule has 2 heterocycles. The highest BCUT2D eigenvalue weighted by atomic mass is 35.5. The second-order valence-corrected chi connectivity index (χ2v) is 7.33. The van der Waals surface area contributed by atoms with Crippen LogP contribution in [0.15, 0.2) is 54.7 Å². The van der Waals surface area contributed by atoms with E-state index in [0.717, 1.165) is 16.0 Å². The molecule has 2 aliphatic rings. The molecule has 2 aromatic carbocycles. The first-order chi connectivity index (χ1) is 13.0. The number of quaternary nitrogens is 1. The maximum atomic E-state index is 12.5. The fourth-order valence-corrected chi connectivity index (χ4v) is 4.69. The second-order valence-electron chi connectivity index (χ2n) is 6.90. The van der Waals surface area contributed by atoms with Crippen molar-refractivity contribution in [2.45, 2.75) is 18.0 Å². The molecule has 1 saturated heterocycles. The van der Waals surface area contributed by atoms with Crippen LogP contribution in [-0.2, 0) is 4.79 Å². The zero-order chi connectivity index (χ0) is 19.2. The third-order valence-corrected chi connectivity index (χ3v) is 5.89. The first-order valence-electron chi connectivity index (χ1n) is 8.54. The number of nitrogens with two attached hydrogens (primary N) is 1. The largest absolute Gasteiger partial charge is 0.364 e. The van der Waals surface area contributed by atoms with Crippen molar-refractivity contribution >= 4 is 23.6 Å². The molecule has 27 heavy (non-hydrogen) atoms. The molecule has 1 unspecified atom stereocenters. The van der Waals surface area contributed by atoms with Crippen LogP contribution in [0.4, 0.5) is 0 Å². The lowest BCUT2D eigenvalue weighted by molar-refractivity contribution is -0.885. The van der Waals surface area contributed by atoms with Gasteiger partial charge in [-0.1, -0.05) is 48.0 Å². The molecule has 0 spiro atoms. The summed E-state index contributed by atoms with van der Waals surface area (Å²) in [5.74, 6) is -1.20. The van der Waals surface area contributed by atoms with Gasteiger partial charge in [-0.3, -0.25) is 9.69 Å². The molecule has 4 rings (SSSR count). The van der Waals surface area contributed by atoms with Crippen LogP contribution in [0.5, 0.6) is 0 Å². The zero-order valence-corrected chi connectivity index (χ0v) is 15.0. The lowest BCUT2D eigenvalue weighted by Gasteiger charge is -2.29. The van der Waals surface area contributed by atoms with Crippen molar-refractivity contribution < 1.29 is 9.69 Å². The van der Waals surface area contributed by atoms with Crippen LogP contribution >= 0.6 is 11.6 Å². The number of rotatable bonds is 2. The second kappa shape index (κ2) is 6.25. The summed E-state index contributed by atoms with van der Waals surface area (Å²) < 4.78 is 0. The Hall–Kier alpha value is -3.12. The number of hydrogen-bond donors (Lipinski definition) is 2. The van der Waals surface area contributed by atoms with Crippen LogP contribution in [0.2, 0.25) is 5.02 Å². The van der Waals surface area contributed by atoms with E-state index in [1.54, 1.807) is 24.3 Å². The summed E-state index contributed by atoms with van der Waals surface area (Å²) in [5.41, 5.74) is 6.86. The molecule has 1 amide bonds. The highest BCUT2D eigenvalue weighted by Crippen LogP contribution is 2.51. The Morgan fingerprint density at radius 3 is 2.41 bits per heavy atom. The van der Waals surface area contributed by atoms with Gasteiger partial charge in [-0.15, -0.1) is 0 Å². The Labute approximate surface area is 161 Å². The van der Waals surface area contributed by atoms with Gasteiger partial charge in [-0.25, -0.2) is 0 Å². The molecular weight excluding hydrogens is 360 g/mol. The molecule has 4 atom stereocenters. The monoisotopic (exact) mass is 375 g/mol. The van der Waals surface area contributed by atoms with E-state index in [9.17, 15) is 15.3 Å². The van der Waals surface area contributed by atoms with Gasteiger partial charge in [0.15, 0.2) is 12.1 Å². The van der Waals surface area contributed by atoms with Gasteiger partial charge in [0.05, 0.1) is 24.3 Å². The molecule has 0 radical (unpaired) electrons. The third-order valence-electron chi connectivity index (χ3n) is 5.64. The number of hydrogen-bond acceptors (Lipinski definition) is 3. The molecule has 0 saturated carbocycles. The van der Waals surface area contributed by atoms with Gasteiger partial charge in [-0.05, 0) is 29.3 Å². The number of nitriles is 2. The Kier molecular flexibility index (Phi) is 4.00. The van der Waals surface area contributed by atoms with Crippen LogP contribution < -0.4 is 10.6 Å². The van der Waals surface area contributed by atoms with Crippen LogP contribution in [0, 0.1) is 28.1 Å². The van der Waals surface area contributed by atoms with E-state index in [1.165, 1.54) is 0 Å². The summed E-state index contributed by atoms with van der Waals surface area (Å²) in [6, 6.07) is 17.8. The van der Waals surface area contributed by atoms with E-state index in [4.69, 9.17) is 17.3 Å². The Balaban J connectivity index is 2.00. The molecule has 2 aromatic rings. The zero-order valence-electron chi connectivity index (χ0n) is 14.3. The smallest absolute Gasteiger partial charge is 0.276 e. The van der Waals surface area contributed by atoms with Gasteiger partial charge in [0.25, 0.3) is 5.91 Å². The van der Waals surface area contributed by atoms with Gasteiger partial charge in [0, 0.05) is 10.6 Å². The number of primary amides is 1. The summed E-state index contributed by atoms with van der Waals surface area (Å²) in [6.45, 7) is 0. The van der Waals surface area contributed by atoms with E-state index in [0.29, 0.717) is 10.6 Å². The highest BCUT2D eigenvalue weighted by molar-refractivity contribution is 6.30. The molecule has 1 fully saturated rings. The molecule has 3 N–H and O–H groups in total. The molecule has 5 nitrogen and oxygen atoms in total. The summed E-state index contributed by atoms with van der Waals surface area (Å²) >= 11 is 6.01. The van der Waals surface area contributed by atoms with Crippen molar-refractivity contribution in [2.24, 2.45) is 11.1 Å². The van der Waals surface area contributed by atoms with Gasteiger partial charge < -0.3 is 5.73 Å². The number of carbonyl (C=O) groups excluding carboxylic acids is 1. The number of amides is 1. The van der Waals surface area contributed by atoms with Gasteiger partial charge >= 0.3 is 0 Å². The maximum absolute atomic E-state index is 12.5. The molecule has 0 aromatic heterocycles. The van der Waals surface area contributed by atoms with Crippen LogP contribution in [0.3, 0.4) is 0 Å². The van der Waals surface area contributed by atoms with E-state index >= 15 is 0 Å². The minimum Gasteiger partial charge on any atom is -0.364 e. The molecular formula is C21H16ClN4O+. The first-order valence-corrected chi connectivity index (χ1v) is 8.92. The van der Waals surface area contributed by atoms with E-state index < -0.39 is 29.3 Å². The number of halogens is 1. The standard InChI is InChI=1S/C21H15ClN4O/c22-15-7-5-14(6-8-15)17-18(20(25)27)26-10-9-13-3-1-2-4-16(13)19(26)21(17,11-23)12-24/h1-10,17-19H,(H2,25,27)/p+1/t17-,18+,19-/m0/s1. The number of fused-ring (bicyclic) bond motifs is 3. The highest BCUT2D eigenvalue weighted by Gasteiger charge is 2.67. The predicted octanol–water partition coefficient (Wildman–Crippen LogP) is 1.94. The maximum Gasteiger partial charge on any atom is 0.276 e. The van der Waals surface area contributed by atoms with Crippen LogP contribution in [0.25, 0.3) is 6.08 Å². The third kappa shape index (κ3) is 2.37. The lowest BCUT2D eigenvalue weighted by Crippen LogP contribution is -3.12. The fourth-order valence-electron chi connectivity index (χ4n) is 4.56. The predicted molar refractivity (Wildman–Crippen MR) is 100 cm³/mol. The minimum atomic E-state index is -1.44. The number of carbonyl (C=O) groups is 1. The average molecular weight is 376 g/mol. The van der Waals surface area contributed by atoms with Gasteiger partial charge in [-0.2, -0.15) is 10.5 Å². The SMILES string of the molecule is N#CC1(C#N)[C@@H]2c3ccccc3C=C[NH+]2[C@@H](C(N)=O)[C@@H]1c1ccc(Cl)cc1. The normalized spacial score (nSPS) is 27.1. The van der Waals surface area contributed by atoms with Crippen molar-refractivity contribution in [1.82, 2.24) is 0 Å².